The molecule has 0 N–H and O–H groups in total. The summed E-state index contributed by atoms with van der Waals surface area (Å²) in [7, 11) is 0. The van der Waals surface area contributed by atoms with E-state index in [9.17, 15) is 0 Å². The number of thiophene rings is 1. The molecule has 0 amide bonds. The Morgan fingerprint density at radius 1 is 0.756 bits per heavy atom. The van der Waals surface area contributed by atoms with Crippen molar-refractivity contribution in [2.45, 2.75) is 19.3 Å². The number of aryl methyl sites for hydroxylation is 2. The van der Waals surface area contributed by atoms with Crippen LogP contribution < -0.4 is 4.74 Å². The third-order valence-corrected chi connectivity index (χ3v) is 9.09. The maximum absolute atomic E-state index is 6.40. The molecular formula is C38H26N4OPtS. The minimum absolute atomic E-state index is 0. The Morgan fingerprint density at radius 3 is 2.16 bits per heavy atom. The fourth-order valence-electron chi connectivity index (χ4n) is 6.47. The molecule has 0 saturated heterocycles. The number of para-hydroxylation sites is 1. The summed E-state index contributed by atoms with van der Waals surface area (Å²) in [5.41, 5.74) is 11.0. The van der Waals surface area contributed by atoms with Gasteiger partial charge in [0.05, 0.1) is 16.8 Å². The first-order valence-electron chi connectivity index (χ1n) is 14.4. The van der Waals surface area contributed by atoms with E-state index in [4.69, 9.17) is 9.72 Å². The van der Waals surface area contributed by atoms with E-state index in [2.05, 4.69) is 115 Å². The molecule has 1 aliphatic rings. The molecule has 45 heavy (non-hydrogen) atoms. The summed E-state index contributed by atoms with van der Waals surface area (Å²) in [5, 5.41) is 11.5. The van der Waals surface area contributed by atoms with E-state index in [1.165, 1.54) is 33.6 Å². The fourth-order valence-corrected chi connectivity index (χ4v) is 7.18. The van der Waals surface area contributed by atoms with Crippen molar-refractivity contribution in [2.24, 2.45) is 0 Å². The molecule has 4 aromatic carbocycles. The second-order valence-electron chi connectivity index (χ2n) is 10.9. The van der Waals surface area contributed by atoms with Gasteiger partial charge in [0, 0.05) is 23.8 Å². The van der Waals surface area contributed by atoms with E-state index in [0.717, 1.165) is 39.3 Å². The molecule has 7 heteroatoms. The number of benzene rings is 4. The van der Waals surface area contributed by atoms with Crippen molar-refractivity contribution < 1.29 is 25.8 Å². The van der Waals surface area contributed by atoms with Gasteiger partial charge in [-0.15, -0.1) is 34.7 Å². The summed E-state index contributed by atoms with van der Waals surface area (Å²) in [4.78, 5) is 4.91. The van der Waals surface area contributed by atoms with Crippen LogP contribution in [-0.2, 0) is 26.5 Å². The molecule has 3 heterocycles. The van der Waals surface area contributed by atoms with Gasteiger partial charge in [-0.3, -0.25) is 4.98 Å². The van der Waals surface area contributed by atoms with Gasteiger partial charge in [0.15, 0.2) is 0 Å². The Balaban J connectivity index is 0.00000325. The van der Waals surface area contributed by atoms with Gasteiger partial charge in [-0.05, 0) is 59.4 Å². The van der Waals surface area contributed by atoms with Gasteiger partial charge < -0.3 is 4.74 Å². The summed E-state index contributed by atoms with van der Waals surface area (Å²) in [6.07, 6.45) is 3.80. The fraction of sp³-hybridized carbons (Fsp3) is 0.0789. The van der Waals surface area contributed by atoms with Crippen molar-refractivity contribution in [1.82, 2.24) is 20.0 Å². The number of pyridine rings is 1. The van der Waals surface area contributed by atoms with Crippen molar-refractivity contribution in [3.8, 4) is 38.9 Å². The van der Waals surface area contributed by atoms with Gasteiger partial charge in [0.1, 0.15) is 5.06 Å². The molecule has 0 bridgehead atoms. The number of fused-ring (bicyclic) bond motifs is 3. The molecule has 0 fully saturated rings. The largest absolute Gasteiger partial charge is 2.00 e. The van der Waals surface area contributed by atoms with E-state index < -0.39 is 5.41 Å². The van der Waals surface area contributed by atoms with E-state index in [-0.39, 0.29) is 21.1 Å². The van der Waals surface area contributed by atoms with Crippen molar-refractivity contribution in [2.75, 3.05) is 0 Å². The summed E-state index contributed by atoms with van der Waals surface area (Å²) >= 11 is 1.47. The zero-order valence-electron chi connectivity index (χ0n) is 24.5. The molecule has 0 atom stereocenters. The Morgan fingerprint density at radius 2 is 1.44 bits per heavy atom. The first-order chi connectivity index (χ1) is 21.6. The van der Waals surface area contributed by atoms with Crippen LogP contribution in [0.5, 0.6) is 10.8 Å². The predicted molar refractivity (Wildman–Crippen MR) is 173 cm³/mol. The van der Waals surface area contributed by atoms with Gasteiger partial charge in [-0.2, -0.15) is 28.6 Å². The number of hydrogen-bond acceptors (Lipinski definition) is 5. The standard InChI is InChI=1S/C38H26N4OS.Pt/c1-25-11-9-12-26(2)37(25)42-23-34(40-41-42)27-21-36(44-24-27)43-29-14-10-13-28(22-29)38(35-19-7-8-20-39-35)32-17-5-3-15-30(32)31-16-4-6-18-33(31)38;/h3-20,23-24H,1-2H3;/q-2;+2. The van der Waals surface area contributed by atoms with Crippen LogP contribution in [0.2, 0.25) is 0 Å². The van der Waals surface area contributed by atoms with Crippen LogP contribution in [0.15, 0.2) is 121 Å². The summed E-state index contributed by atoms with van der Waals surface area (Å²) < 4.78 is 8.23. The van der Waals surface area contributed by atoms with E-state index >= 15 is 0 Å². The molecule has 0 aliphatic heterocycles. The number of rotatable bonds is 6. The molecule has 3 aromatic heterocycles. The number of aromatic nitrogens is 4. The zero-order valence-corrected chi connectivity index (χ0v) is 27.6. The van der Waals surface area contributed by atoms with Crippen LogP contribution in [0.25, 0.3) is 28.1 Å². The van der Waals surface area contributed by atoms with Crippen LogP contribution in [0.1, 0.15) is 33.5 Å². The number of nitrogens with zero attached hydrogens (tertiary/aromatic N) is 4. The summed E-state index contributed by atoms with van der Waals surface area (Å²) in [6, 6.07) is 42.6. The van der Waals surface area contributed by atoms with Crippen LogP contribution >= 0.6 is 11.3 Å². The van der Waals surface area contributed by atoms with E-state index in [0.29, 0.717) is 10.8 Å². The first kappa shape index (κ1) is 29.1. The number of hydrogen-bond donors (Lipinski definition) is 0. The minimum atomic E-state index is -0.635. The third-order valence-electron chi connectivity index (χ3n) is 8.33. The molecule has 0 spiro atoms. The summed E-state index contributed by atoms with van der Waals surface area (Å²) in [6.45, 7) is 4.16. The van der Waals surface area contributed by atoms with Gasteiger partial charge in [-0.25, -0.2) is 4.68 Å². The Bertz CT molecular complexity index is 2090. The molecule has 0 unspecified atom stereocenters. The molecule has 0 saturated carbocycles. The normalized spacial score (nSPS) is 12.7. The molecule has 1 aliphatic carbocycles. The minimum Gasteiger partial charge on any atom is -0.487 e. The summed E-state index contributed by atoms with van der Waals surface area (Å²) in [5.74, 6) is 0.614. The van der Waals surface area contributed by atoms with Crippen LogP contribution in [0.3, 0.4) is 0 Å². The molecular weight excluding hydrogens is 756 g/mol. The van der Waals surface area contributed by atoms with Gasteiger partial charge in [-0.1, -0.05) is 78.0 Å². The molecule has 220 valence electrons. The third kappa shape index (κ3) is 4.77. The SMILES string of the molecule is Cc1cccc(C)c1-n1cc(-c2[c-]c(Oc3[c-]c(C4(c5ccccn5)c5ccccc5-c5ccccc54)ccc3)sc2)nn1.[Pt+2]. The maximum Gasteiger partial charge on any atom is 2.00 e. The first-order valence-corrected chi connectivity index (χ1v) is 15.3. The van der Waals surface area contributed by atoms with E-state index in [1.54, 1.807) is 0 Å². The number of ether oxygens (including phenoxy) is 1. The van der Waals surface area contributed by atoms with Crippen molar-refractivity contribution in [3.05, 3.63) is 167 Å². The average molecular weight is 782 g/mol. The van der Waals surface area contributed by atoms with Crippen molar-refractivity contribution >= 4 is 11.3 Å². The monoisotopic (exact) mass is 781 g/mol. The predicted octanol–water partition coefficient (Wildman–Crippen LogP) is 8.76. The quantitative estimate of drug-likeness (QED) is 0.159. The molecule has 8 rings (SSSR count). The van der Waals surface area contributed by atoms with Gasteiger partial charge >= 0.3 is 21.1 Å². The average Bonchev–Trinajstić information content (AvgIpc) is 3.79. The van der Waals surface area contributed by atoms with E-state index in [1.807, 2.05) is 46.7 Å². The zero-order chi connectivity index (χ0) is 29.7. The van der Waals surface area contributed by atoms with Crippen LogP contribution in [0, 0.1) is 26.0 Å². The Hall–Kier alpha value is -4.64. The molecule has 0 radical (unpaired) electrons. The molecule has 7 aromatic rings. The topological polar surface area (TPSA) is 52.8 Å². The van der Waals surface area contributed by atoms with Gasteiger partial charge in [0.2, 0.25) is 0 Å². The Kier molecular flexibility index (Phi) is 7.56. The van der Waals surface area contributed by atoms with Crippen molar-refractivity contribution in [3.63, 3.8) is 0 Å². The molecule has 5 nitrogen and oxygen atoms in total. The second-order valence-corrected chi connectivity index (χ2v) is 11.8. The van der Waals surface area contributed by atoms with Crippen molar-refractivity contribution in [1.29, 1.82) is 0 Å². The Labute approximate surface area is 280 Å². The smallest absolute Gasteiger partial charge is 0.487 e. The van der Waals surface area contributed by atoms with Crippen LogP contribution in [-0.4, -0.2) is 20.0 Å². The van der Waals surface area contributed by atoms with Gasteiger partial charge in [0.25, 0.3) is 0 Å². The van der Waals surface area contributed by atoms with Crippen LogP contribution in [0.4, 0.5) is 0 Å². The maximum atomic E-state index is 6.40. The second kappa shape index (κ2) is 11.7.